The van der Waals surface area contributed by atoms with Gasteiger partial charge in [0.15, 0.2) is 0 Å². The number of carbonyl (C=O) groups excluding carboxylic acids is 1. The molecular formula is C15H23N3O2. The Bertz CT molecular complexity index is 511. The molecule has 2 rings (SSSR count). The number of rotatable bonds is 3. The second-order valence-electron chi connectivity index (χ2n) is 5.49. The van der Waals surface area contributed by atoms with E-state index in [9.17, 15) is 4.79 Å². The van der Waals surface area contributed by atoms with Crippen LogP contribution < -0.4 is 0 Å². The molecule has 1 fully saturated rings. The lowest BCUT2D eigenvalue weighted by atomic mass is 9.98. The fourth-order valence-electron chi connectivity index (χ4n) is 2.63. The SMILES string of the molecule is Cc1nn(C)c(C)c1/C=C/C(=O)N1CCC(CO)CC1. The summed E-state index contributed by atoms with van der Waals surface area (Å²) in [6.07, 6.45) is 5.27. The normalized spacial score (nSPS) is 17.1. The topological polar surface area (TPSA) is 58.4 Å². The summed E-state index contributed by atoms with van der Waals surface area (Å²) in [7, 11) is 1.90. The molecule has 5 heteroatoms. The van der Waals surface area contributed by atoms with Crippen LogP contribution in [0.15, 0.2) is 6.08 Å². The van der Waals surface area contributed by atoms with Gasteiger partial charge in [0.1, 0.15) is 0 Å². The van der Waals surface area contributed by atoms with E-state index in [2.05, 4.69) is 5.10 Å². The summed E-state index contributed by atoms with van der Waals surface area (Å²) < 4.78 is 1.83. The molecule has 1 N–H and O–H groups in total. The molecule has 1 amide bonds. The highest BCUT2D eigenvalue weighted by atomic mass is 16.3. The van der Waals surface area contributed by atoms with Gasteiger partial charge in [-0.05, 0) is 38.7 Å². The monoisotopic (exact) mass is 277 g/mol. The maximum atomic E-state index is 12.1. The largest absolute Gasteiger partial charge is 0.396 e. The predicted molar refractivity (Wildman–Crippen MR) is 78.1 cm³/mol. The van der Waals surface area contributed by atoms with Crippen LogP contribution in [0.25, 0.3) is 6.08 Å². The molecule has 1 aliphatic rings. The second kappa shape index (κ2) is 6.22. The number of aliphatic hydroxyl groups excluding tert-OH is 1. The third-order valence-corrected chi connectivity index (χ3v) is 4.14. The Morgan fingerprint density at radius 1 is 1.40 bits per heavy atom. The number of piperidine rings is 1. The van der Waals surface area contributed by atoms with Crippen molar-refractivity contribution >= 4 is 12.0 Å². The number of nitrogens with zero attached hydrogens (tertiary/aromatic N) is 3. The first-order valence-electron chi connectivity index (χ1n) is 7.11. The van der Waals surface area contributed by atoms with Crippen LogP contribution in [0.1, 0.15) is 29.8 Å². The van der Waals surface area contributed by atoms with Gasteiger partial charge in [0.2, 0.25) is 5.91 Å². The molecule has 1 aliphatic heterocycles. The van der Waals surface area contributed by atoms with Crippen molar-refractivity contribution in [2.45, 2.75) is 26.7 Å². The van der Waals surface area contributed by atoms with E-state index >= 15 is 0 Å². The number of hydrogen-bond acceptors (Lipinski definition) is 3. The Kier molecular flexibility index (Phi) is 4.60. The van der Waals surface area contributed by atoms with Crippen molar-refractivity contribution in [3.63, 3.8) is 0 Å². The highest BCUT2D eigenvalue weighted by Crippen LogP contribution is 2.18. The van der Waals surface area contributed by atoms with E-state index in [0.29, 0.717) is 5.92 Å². The van der Waals surface area contributed by atoms with Gasteiger partial charge in [0, 0.05) is 44.1 Å². The van der Waals surface area contributed by atoms with E-state index in [1.165, 1.54) is 0 Å². The molecule has 0 atom stereocenters. The number of aryl methyl sites for hydroxylation is 2. The van der Waals surface area contributed by atoms with Crippen LogP contribution in [0.5, 0.6) is 0 Å². The van der Waals surface area contributed by atoms with Gasteiger partial charge in [0.25, 0.3) is 0 Å². The van der Waals surface area contributed by atoms with E-state index in [4.69, 9.17) is 5.11 Å². The maximum absolute atomic E-state index is 12.1. The Morgan fingerprint density at radius 3 is 2.55 bits per heavy atom. The number of hydrogen-bond donors (Lipinski definition) is 1. The van der Waals surface area contributed by atoms with Crippen LogP contribution in [0, 0.1) is 19.8 Å². The molecular weight excluding hydrogens is 254 g/mol. The van der Waals surface area contributed by atoms with E-state index in [0.717, 1.165) is 42.9 Å². The molecule has 2 heterocycles. The number of aromatic nitrogens is 2. The zero-order valence-corrected chi connectivity index (χ0v) is 12.5. The molecule has 0 radical (unpaired) electrons. The van der Waals surface area contributed by atoms with Gasteiger partial charge in [-0.25, -0.2) is 0 Å². The highest BCUT2D eigenvalue weighted by Gasteiger charge is 2.20. The summed E-state index contributed by atoms with van der Waals surface area (Å²) in [4.78, 5) is 14.0. The van der Waals surface area contributed by atoms with Crippen LogP contribution in [-0.2, 0) is 11.8 Å². The molecule has 0 saturated carbocycles. The Hall–Kier alpha value is -1.62. The molecule has 0 unspecified atom stereocenters. The van der Waals surface area contributed by atoms with Crippen molar-refractivity contribution < 1.29 is 9.90 Å². The zero-order chi connectivity index (χ0) is 14.7. The Morgan fingerprint density at radius 2 is 2.05 bits per heavy atom. The average Bonchev–Trinajstić information content (AvgIpc) is 2.70. The lowest BCUT2D eigenvalue weighted by molar-refractivity contribution is -0.127. The van der Waals surface area contributed by atoms with E-state index in [-0.39, 0.29) is 12.5 Å². The fourth-order valence-corrected chi connectivity index (χ4v) is 2.63. The first-order valence-corrected chi connectivity index (χ1v) is 7.11. The van der Waals surface area contributed by atoms with Gasteiger partial charge in [0.05, 0.1) is 5.69 Å². The second-order valence-corrected chi connectivity index (χ2v) is 5.49. The van der Waals surface area contributed by atoms with Crippen LogP contribution >= 0.6 is 0 Å². The third kappa shape index (κ3) is 3.10. The van der Waals surface area contributed by atoms with Gasteiger partial charge in [-0.15, -0.1) is 0 Å². The van der Waals surface area contributed by atoms with Crippen molar-refractivity contribution in [3.05, 3.63) is 23.0 Å². The van der Waals surface area contributed by atoms with Crippen molar-refractivity contribution in [1.29, 1.82) is 0 Å². The van der Waals surface area contributed by atoms with Crippen molar-refractivity contribution in [2.75, 3.05) is 19.7 Å². The maximum Gasteiger partial charge on any atom is 0.246 e. The number of amides is 1. The molecule has 1 saturated heterocycles. The molecule has 20 heavy (non-hydrogen) atoms. The minimum Gasteiger partial charge on any atom is -0.396 e. The van der Waals surface area contributed by atoms with Gasteiger partial charge in [-0.2, -0.15) is 5.10 Å². The Labute approximate surface area is 119 Å². The summed E-state index contributed by atoms with van der Waals surface area (Å²) in [5.41, 5.74) is 3.02. The predicted octanol–water partition coefficient (Wildman–Crippen LogP) is 1.28. The summed E-state index contributed by atoms with van der Waals surface area (Å²) in [6.45, 7) is 5.64. The standard InChI is InChI=1S/C15H23N3O2/c1-11-14(12(2)17(3)16-11)4-5-15(20)18-8-6-13(10-19)7-9-18/h4-5,13,19H,6-10H2,1-3H3/b5-4+. The molecule has 0 aromatic carbocycles. The number of aliphatic hydroxyl groups is 1. The summed E-state index contributed by atoms with van der Waals surface area (Å²) in [5.74, 6) is 0.398. The molecule has 5 nitrogen and oxygen atoms in total. The molecule has 0 aliphatic carbocycles. The molecule has 0 spiro atoms. The third-order valence-electron chi connectivity index (χ3n) is 4.14. The smallest absolute Gasteiger partial charge is 0.246 e. The molecule has 1 aromatic rings. The quantitative estimate of drug-likeness (QED) is 0.847. The lowest BCUT2D eigenvalue weighted by Crippen LogP contribution is -2.38. The fraction of sp³-hybridized carbons (Fsp3) is 0.600. The molecule has 110 valence electrons. The summed E-state index contributed by atoms with van der Waals surface area (Å²) >= 11 is 0. The minimum atomic E-state index is 0.0454. The minimum absolute atomic E-state index is 0.0454. The zero-order valence-electron chi connectivity index (χ0n) is 12.5. The van der Waals surface area contributed by atoms with Crippen LogP contribution in [0.4, 0.5) is 0 Å². The van der Waals surface area contributed by atoms with Crippen LogP contribution in [-0.4, -0.2) is 45.4 Å². The van der Waals surface area contributed by atoms with Crippen molar-refractivity contribution in [1.82, 2.24) is 14.7 Å². The van der Waals surface area contributed by atoms with Crippen molar-refractivity contribution in [2.24, 2.45) is 13.0 Å². The average molecular weight is 277 g/mol. The van der Waals surface area contributed by atoms with Gasteiger partial charge in [-0.1, -0.05) is 0 Å². The number of carbonyl (C=O) groups is 1. The first-order chi connectivity index (χ1) is 9.52. The first kappa shape index (κ1) is 14.8. The van der Waals surface area contributed by atoms with Gasteiger partial charge >= 0.3 is 0 Å². The van der Waals surface area contributed by atoms with E-state index in [1.54, 1.807) is 6.08 Å². The lowest BCUT2D eigenvalue weighted by Gasteiger charge is -2.30. The number of likely N-dealkylation sites (tertiary alicyclic amines) is 1. The van der Waals surface area contributed by atoms with Crippen molar-refractivity contribution in [3.8, 4) is 0 Å². The van der Waals surface area contributed by atoms with Crippen LogP contribution in [0.2, 0.25) is 0 Å². The summed E-state index contributed by atoms with van der Waals surface area (Å²) in [5, 5.41) is 13.4. The molecule has 1 aromatic heterocycles. The van der Waals surface area contributed by atoms with E-state index < -0.39 is 0 Å². The molecule has 0 bridgehead atoms. The van der Waals surface area contributed by atoms with E-state index in [1.807, 2.05) is 36.6 Å². The Balaban J connectivity index is 1.99. The van der Waals surface area contributed by atoms with Crippen LogP contribution in [0.3, 0.4) is 0 Å². The van der Waals surface area contributed by atoms with Gasteiger partial charge in [-0.3, -0.25) is 9.48 Å². The highest BCUT2D eigenvalue weighted by molar-refractivity contribution is 5.92. The summed E-state index contributed by atoms with van der Waals surface area (Å²) in [6, 6.07) is 0. The van der Waals surface area contributed by atoms with Gasteiger partial charge < -0.3 is 10.0 Å².